The molecule has 0 unspecified atom stereocenters. The van der Waals surface area contributed by atoms with Crippen molar-refractivity contribution in [2.45, 2.75) is 0 Å². The first-order chi connectivity index (χ1) is 25.3. The number of hydrogen-bond donors (Lipinski definition) is 0. The third-order valence-electron chi connectivity index (χ3n) is 10.0. The van der Waals surface area contributed by atoms with Crippen molar-refractivity contribution in [2.24, 2.45) is 0 Å². The van der Waals surface area contributed by atoms with Crippen molar-refractivity contribution in [3.8, 4) is 39.9 Å². The van der Waals surface area contributed by atoms with E-state index in [1.807, 2.05) is 36.4 Å². The fourth-order valence-electron chi connectivity index (χ4n) is 7.88. The predicted octanol–water partition coefficient (Wildman–Crippen LogP) is 11.5. The number of benzene rings is 7. The summed E-state index contributed by atoms with van der Waals surface area (Å²) < 4.78 is 2.49. The zero-order chi connectivity index (χ0) is 33.5. The third kappa shape index (κ3) is 4.07. The van der Waals surface area contributed by atoms with Crippen LogP contribution in [0.4, 0.5) is 34.1 Å². The molecular weight excluding hydrogens is 625 g/mol. The predicted molar refractivity (Wildman–Crippen MR) is 207 cm³/mol. The highest BCUT2D eigenvalue weighted by Crippen LogP contribution is 2.58. The zero-order valence-electron chi connectivity index (χ0n) is 27.3. The minimum Gasteiger partial charge on any atom is -0.306 e. The van der Waals surface area contributed by atoms with E-state index in [1.54, 1.807) is 0 Å². The Balaban J connectivity index is 1.26. The summed E-state index contributed by atoms with van der Waals surface area (Å²) in [5, 5.41) is 2.33. The highest BCUT2D eigenvalue weighted by Gasteiger charge is 2.37. The molecule has 6 nitrogen and oxygen atoms in total. The molecule has 11 rings (SSSR count). The smallest absolute Gasteiger partial charge is 0.164 e. The molecule has 9 aromatic rings. The van der Waals surface area contributed by atoms with Gasteiger partial charge in [-0.25, -0.2) is 15.0 Å². The van der Waals surface area contributed by atoms with Crippen LogP contribution < -0.4 is 9.80 Å². The van der Waals surface area contributed by atoms with E-state index in [-0.39, 0.29) is 0 Å². The van der Waals surface area contributed by atoms with Crippen LogP contribution in [0.2, 0.25) is 0 Å². The average molecular weight is 653 g/mol. The second-order valence-electron chi connectivity index (χ2n) is 12.9. The average Bonchev–Trinajstić information content (AvgIpc) is 3.55. The first kappa shape index (κ1) is 27.9. The van der Waals surface area contributed by atoms with Gasteiger partial charge in [0.05, 0.1) is 39.5 Å². The van der Waals surface area contributed by atoms with Gasteiger partial charge in [0.25, 0.3) is 0 Å². The lowest BCUT2D eigenvalue weighted by Gasteiger charge is -2.39. The molecule has 0 saturated heterocycles. The highest BCUT2D eigenvalue weighted by molar-refractivity contribution is 6.23. The fraction of sp³-hybridized carbons (Fsp3) is 0. The molecule has 0 radical (unpaired) electrons. The molecule has 238 valence electrons. The minimum absolute atomic E-state index is 0.631. The Hall–Kier alpha value is -7.05. The second kappa shape index (κ2) is 10.7. The topological polar surface area (TPSA) is 50.1 Å². The second-order valence-corrected chi connectivity index (χ2v) is 12.9. The van der Waals surface area contributed by atoms with E-state index in [4.69, 9.17) is 15.0 Å². The Kier molecular flexibility index (Phi) is 5.86. The Bertz CT molecular complexity index is 2740. The molecule has 0 atom stereocenters. The third-order valence-corrected chi connectivity index (χ3v) is 10.0. The van der Waals surface area contributed by atoms with Gasteiger partial charge in [0.1, 0.15) is 0 Å². The van der Waals surface area contributed by atoms with Crippen molar-refractivity contribution in [1.29, 1.82) is 0 Å². The van der Waals surface area contributed by atoms with E-state index < -0.39 is 0 Å². The van der Waals surface area contributed by atoms with Crippen LogP contribution in [0.1, 0.15) is 0 Å². The van der Waals surface area contributed by atoms with Crippen LogP contribution in [0.25, 0.3) is 61.7 Å². The monoisotopic (exact) mass is 652 g/mol. The van der Waals surface area contributed by atoms with E-state index in [2.05, 4.69) is 148 Å². The zero-order valence-corrected chi connectivity index (χ0v) is 27.3. The standard InChI is InChI=1S/C45H28N6/c1-5-15-29(16-6-1)43-46-44(30-17-7-2-8-18-30)48-45(47-43)31-27-35-34-23-13-24-36-40(34)51-41(35)39(28-31)50(33-21-11-4-12-22-33)38-26-14-25-37(42(38)51)49(36)32-19-9-3-10-20-32/h1-28H. The molecular formula is C45H28N6. The summed E-state index contributed by atoms with van der Waals surface area (Å²) >= 11 is 0. The molecule has 4 heterocycles. The molecule has 2 aliphatic rings. The number of nitrogens with zero attached hydrogens (tertiary/aromatic N) is 6. The van der Waals surface area contributed by atoms with Gasteiger partial charge in [-0.05, 0) is 54.6 Å². The number of para-hydroxylation sites is 4. The largest absolute Gasteiger partial charge is 0.306 e. The maximum atomic E-state index is 5.15. The molecule has 0 bridgehead atoms. The summed E-state index contributed by atoms with van der Waals surface area (Å²) in [7, 11) is 0. The Morgan fingerprint density at radius 3 is 1.35 bits per heavy atom. The molecule has 7 aromatic carbocycles. The quantitative estimate of drug-likeness (QED) is 0.185. The highest BCUT2D eigenvalue weighted by atomic mass is 15.3. The van der Waals surface area contributed by atoms with Gasteiger partial charge in [-0.3, -0.25) is 0 Å². The Morgan fingerprint density at radius 1 is 0.333 bits per heavy atom. The molecule has 0 aliphatic carbocycles. The van der Waals surface area contributed by atoms with Crippen LogP contribution in [-0.4, -0.2) is 19.5 Å². The molecule has 0 amide bonds. The van der Waals surface area contributed by atoms with Gasteiger partial charge in [-0.15, -0.1) is 0 Å². The summed E-state index contributed by atoms with van der Waals surface area (Å²) in [6.45, 7) is 0. The van der Waals surface area contributed by atoms with Crippen LogP contribution in [0, 0.1) is 0 Å². The SMILES string of the molecule is c1ccc(-c2nc(-c3ccccc3)nc(-c3cc4c5c(c3)c3cccc6c3n5-c3c(cccc3N4c3ccccc3)N6c3ccccc3)n2)cc1. The summed E-state index contributed by atoms with van der Waals surface area (Å²) in [6.07, 6.45) is 0. The molecule has 2 aliphatic heterocycles. The maximum absolute atomic E-state index is 5.15. The number of anilines is 6. The van der Waals surface area contributed by atoms with Crippen molar-refractivity contribution in [3.05, 3.63) is 170 Å². The molecule has 2 aromatic heterocycles. The fourth-order valence-corrected chi connectivity index (χ4v) is 7.88. The number of rotatable bonds is 5. The first-order valence-corrected chi connectivity index (χ1v) is 17.1. The normalized spacial score (nSPS) is 12.6. The lowest BCUT2D eigenvalue weighted by Crippen LogP contribution is -2.24. The van der Waals surface area contributed by atoms with E-state index >= 15 is 0 Å². The van der Waals surface area contributed by atoms with Gasteiger partial charge in [0, 0.05) is 38.8 Å². The summed E-state index contributed by atoms with van der Waals surface area (Å²) in [5.41, 5.74) is 13.0. The molecule has 0 saturated carbocycles. The van der Waals surface area contributed by atoms with E-state index in [0.29, 0.717) is 17.5 Å². The molecule has 51 heavy (non-hydrogen) atoms. The van der Waals surface area contributed by atoms with E-state index in [1.165, 1.54) is 22.1 Å². The van der Waals surface area contributed by atoms with Crippen molar-refractivity contribution in [1.82, 2.24) is 19.5 Å². The van der Waals surface area contributed by atoms with Gasteiger partial charge in [-0.1, -0.05) is 115 Å². The van der Waals surface area contributed by atoms with Gasteiger partial charge < -0.3 is 14.4 Å². The maximum Gasteiger partial charge on any atom is 0.164 e. The lowest BCUT2D eigenvalue weighted by molar-refractivity contribution is 1.06. The molecule has 0 N–H and O–H groups in total. The van der Waals surface area contributed by atoms with Gasteiger partial charge in [0.15, 0.2) is 17.5 Å². The van der Waals surface area contributed by atoms with Crippen molar-refractivity contribution >= 4 is 55.9 Å². The summed E-state index contributed by atoms with van der Waals surface area (Å²) in [6, 6.07) is 59.5. The molecule has 6 heteroatoms. The minimum atomic E-state index is 0.631. The van der Waals surface area contributed by atoms with Crippen LogP contribution in [0.5, 0.6) is 0 Å². The van der Waals surface area contributed by atoms with E-state index in [0.717, 1.165) is 56.2 Å². The lowest BCUT2D eigenvalue weighted by atomic mass is 10.0. The van der Waals surface area contributed by atoms with Gasteiger partial charge >= 0.3 is 0 Å². The Labute approximate surface area is 294 Å². The van der Waals surface area contributed by atoms with Crippen molar-refractivity contribution < 1.29 is 0 Å². The Morgan fingerprint density at radius 2 is 0.784 bits per heavy atom. The van der Waals surface area contributed by atoms with Crippen LogP contribution in [0.15, 0.2) is 170 Å². The van der Waals surface area contributed by atoms with Crippen molar-refractivity contribution in [2.75, 3.05) is 9.80 Å². The van der Waals surface area contributed by atoms with Crippen LogP contribution in [0.3, 0.4) is 0 Å². The molecule has 0 spiro atoms. The summed E-state index contributed by atoms with van der Waals surface area (Å²) in [4.78, 5) is 20.1. The first-order valence-electron chi connectivity index (χ1n) is 17.1. The van der Waals surface area contributed by atoms with Crippen molar-refractivity contribution in [3.63, 3.8) is 0 Å². The van der Waals surface area contributed by atoms with Crippen LogP contribution in [-0.2, 0) is 0 Å². The van der Waals surface area contributed by atoms with Gasteiger partial charge in [0.2, 0.25) is 0 Å². The number of aromatic nitrogens is 4. The van der Waals surface area contributed by atoms with Gasteiger partial charge in [-0.2, -0.15) is 0 Å². The molecule has 0 fully saturated rings. The number of hydrogen-bond acceptors (Lipinski definition) is 5. The van der Waals surface area contributed by atoms with Crippen LogP contribution >= 0.6 is 0 Å². The number of fused-ring (bicyclic) bond motifs is 1. The van der Waals surface area contributed by atoms with E-state index in [9.17, 15) is 0 Å². The summed E-state index contributed by atoms with van der Waals surface area (Å²) in [5.74, 6) is 1.92.